The van der Waals surface area contributed by atoms with Crippen molar-refractivity contribution in [2.24, 2.45) is 5.92 Å². The highest BCUT2D eigenvalue weighted by molar-refractivity contribution is 6.09. The van der Waals surface area contributed by atoms with Crippen LogP contribution in [0.3, 0.4) is 0 Å². The molecule has 4 aromatic rings. The molecule has 0 saturated carbocycles. The van der Waals surface area contributed by atoms with Crippen LogP contribution in [0, 0.1) is 25.6 Å². The number of H-pyrrole nitrogens is 1. The number of ketones is 1. The number of hydrogen-bond donors (Lipinski definition) is 1. The van der Waals surface area contributed by atoms with E-state index in [1.807, 2.05) is 32.0 Å². The number of aromatic nitrogens is 3. The zero-order chi connectivity index (χ0) is 28.4. The van der Waals surface area contributed by atoms with Crippen molar-refractivity contribution in [2.45, 2.75) is 59.0 Å². The summed E-state index contributed by atoms with van der Waals surface area (Å²) in [6.45, 7) is 8.66. The number of ether oxygens (including phenoxy) is 1. The summed E-state index contributed by atoms with van der Waals surface area (Å²) in [5, 5.41) is 0.956. The highest BCUT2D eigenvalue weighted by Crippen LogP contribution is 2.36. The number of halogens is 1. The Bertz CT molecular complexity index is 1580. The summed E-state index contributed by atoms with van der Waals surface area (Å²) >= 11 is 0. The van der Waals surface area contributed by atoms with Gasteiger partial charge in [0, 0.05) is 53.1 Å². The number of nitrogens with one attached hydrogen (secondary N) is 1. The first-order valence-electron chi connectivity index (χ1n) is 14.0. The van der Waals surface area contributed by atoms with Gasteiger partial charge in [0.15, 0.2) is 5.78 Å². The van der Waals surface area contributed by atoms with E-state index in [2.05, 4.69) is 32.4 Å². The van der Waals surface area contributed by atoms with Crippen LogP contribution in [-0.2, 0) is 13.0 Å². The molecule has 210 valence electrons. The number of carbonyl (C=O) groups is 1. The summed E-state index contributed by atoms with van der Waals surface area (Å²) in [5.41, 5.74) is 4.68. The number of rotatable bonds is 9. The van der Waals surface area contributed by atoms with Gasteiger partial charge in [0.1, 0.15) is 11.6 Å². The van der Waals surface area contributed by atoms with Crippen LogP contribution in [0.25, 0.3) is 10.9 Å². The van der Waals surface area contributed by atoms with Gasteiger partial charge in [-0.1, -0.05) is 18.2 Å². The second-order valence-corrected chi connectivity index (χ2v) is 11.0. The lowest BCUT2D eigenvalue weighted by molar-refractivity contribution is 0.0983. The first-order chi connectivity index (χ1) is 19.3. The lowest BCUT2D eigenvalue weighted by Gasteiger charge is -2.36. The van der Waals surface area contributed by atoms with Crippen LogP contribution in [0.4, 0.5) is 4.39 Å². The summed E-state index contributed by atoms with van der Waals surface area (Å²) in [7, 11) is 1.54. The Hall–Kier alpha value is -3.78. The molecule has 1 saturated heterocycles. The number of pyridine rings is 2. The topological polar surface area (TPSA) is 80.2 Å². The van der Waals surface area contributed by atoms with E-state index >= 15 is 0 Å². The maximum atomic E-state index is 13.7. The smallest absolute Gasteiger partial charge is 0.255 e. The van der Waals surface area contributed by atoms with E-state index in [9.17, 15) is 14.0 Å². The van der Waals surface area contributed by atoms with Crippen molar-refractivity contribution in [1.29, 1.82) is 0 Å². The average Bonchev–Trinajstić information content (AvgIpc) is 3.23. The Morgan fingerprint density at radius 1 is 1.18 bits per heavy atom. The largest absolute Gasteiger partial charge is 0.496 e. The third kappa shape index (κ3) is 5.59. The number of benzene rings is 1. The van der Waals surface area contributed by atoms with E-state index in [1.54, 1.807) is 25.4 Å². The fraction of sp³-hybridized carbons (Fsp3) is 0.406. The number of likely N-dealkylation sites (tertiary alicyclic amines) is 1. The molecule has 1 aliphatic rings. The average molecular weight is 545 g/mol. The van der Waals surface area contributed by atoms with E-state index in [1.165, 1.54) is 6.20 Å². The van der Waals surface area contributed by atoms with Gasteiger partial charge in [0.05, 0.1) is 18.9 Å². The Labute approximate surface area is 234 Å². The van der Waals surface area contributed by atoms with Gasteiger partial charge in [-0.15, -0.1) is 0 Å². The van der Waals surface area contributed by atoms with Crippen molar-refractivity contribution in [3.05, 3.63) is 93.0 Å². The number of aryl methyl sites for hydroxylation is 1. The first-order valence-corrected chi connectivity index (χ1v) is 14.0. The quantitative estimate of drug-likeness (QED) is 0.270. The number of carbonyl (C=O) groups excluding carboxylic acids is 1. The number of Topliss-reactive ketones (excluding diaryl/α,β-unsaturated/α-hetero) is 1. The first kappa shape index (κ1) is 27.8. The van der Waals surface area contributed by atoms with Crippen LogP contribution >= 0.6 is 0 Å². The van der Waals surface area contributed by atoms with Gasteiger partial charge in [-0.25, -0.2) is 4.39 Å². The molecule has 0 unspecified atom stereocenters. The molecule has 0 amide bonds. The molecule has 40 heavy (non-hydrogen) atoms. The van der Waals surface area contributed by atoms with Crippen LogP contribution < -0.4 is 10.3 Å². The molecule has 0 spiro atoms. The molecule has 3 aromatic heterocycles. The molecule has 1 aromatic carbocycles. The molecule has 7 nitrogen and oxygen atoms in total. The standard InChI is InChI=1S/C32H37FN4O3/c1-20-15-30(40-4)27(32(39)35-20)9-10-29(38)31-22(3)37(28-8-6-5-7-26(28)31)21(2)24-11-13-36(14-12-24)19-23-16-25(33)18-34-17-23/h5-8,15-18,21,24H,9-14,19H2,1-4H3,(H,35,39)/t21-/m1/s1. The predicted octanol–water partition coefficient (Wildman–Crippen LogP) is 5.78. The molecular formula is C32H37FN4O3. The van der Waals surface area contributed by atoms with Crippen molar-refractivity contribution < 1.29 is 13.9 Å². The number of nitrogens with zero attached hydrogens (tertiary/aromatic N) is 3. The summed E-state index contributed by atoms with van der Waals surface area (Å²) in [5.74, 6) is 0.697. The zero-order valence-electron chi connectivity index (χ0n) is 23.7. The number of aromatic amines is 1. The Morgan fingerprint density at radius 2 is 1.93 bits per heavy atom. The van der Waals surface area contributed by atoms with Crippen LogP contribution in [0.15, 0.2) is 53.6 Å². The zero-order valence-corrected chi connectivity index (χ0v) is 23.7. The molecule has 5 rings (SSSR count). The second-order valence-electron chi connectivity index (χ2n) is 11.0. The minimum atomic E-state index is -0.300. The fourth-order valence-electron chi connectivity index (χ4n) is 6.34. The van der Waals surface area contributed by atoms with Crippen molar-refractivity contribution in [3.63, 3.8) is 0 Å². The van der Waals surface area contributed by atoms with Gasteiger partial charge in [0.2, 0.25) is 0 Å². The van der Waals surface area contributed by atoms with Gasteiger partial charge in [-0.05, 0) is 82.8 Å². The van der Waals surface area contributed by atoms with Crippen molar-refractivity contribution in [1.82, 2.24) is 19.4 Å². The van der Waals surface area contributed by atoms with E-state index in [4.69, 9.17) is 4.74 Å². The van der Waals surface area contributed by atoms with Gasteiger partial charge < -0.3 is 14.3 Å². The number of piperidine rings is 1. The number of methoxy groups -OCH3 is 1. The molecule has 0 bridgehead atoms. The van der Waals surface area contributed by atoms with E-state index in [0.717, 1.165) is 59.3 Å². The van der Waals surface area contributed by atoms with Crippen LogP contribution in [0.5, 0.6) is 5.75 Å². The third-order valence-corrected chi connectivity index (χ3v) is 8.38. The van der Waals surface area contributed by atoms with Gasteiger partial charge in [-0.3, -0.25) is 19.5 Å². The number of fused-ring (bicyclic) bond motifs is 1. The number of hydrogen-bond acceptors (Lipinski definition) is 5. The maximum Gasteiger partial charge on any atom is 0.255 e. The van der Waals surface area contributed by atoms with E-state index in [0.29, 0.717) is 30.2 Å². The molecule has 1 fully saturated rings. The predicted molar refractivity (Wildman–Crippen MR) is 155 cm³/mol. The van der Waals surface area contributed by atoms with E-state index in [-0.39, 0.29) is 29.6 Å². The Balaban J connectivity index is 1.34. The number of para-hydroxylation sites is 1. The van der Waals surface area contributed by atoms with Crippen LogP contribution in [0.1, 0.15) is 65.1 Å². The lowest BCUT2D eigenvalue weighted by atomic mass is 9.89. The monoisotopic (exact) mass is 544 g/mol. The summed E-state index contributed by atoms with van der Waals surface area (Å²) in [6.07, 6.45) is 5.55. The minimum absolute atomic E-state index is 0.0280. The molecule has 8 heteroatoms. The highest BCUT2D eigenvalue weighted by Gasteiger charge is 2.29. The Kier molecular flexibility index (Phi) is 8.17. The van der Waals surface area contributed by atoms with Crippen molar-refractivity contribution in [3.8, 4) is 5.75 Å². The molecule has 0 aliphatic carbocycles. The normalized spacial score (nSPS) is 15.4. The summed E-state index contributed by atoms with van der Waals surface area (Å²) < 4.78 is 21.3. The molecule has 1 N–H and O–H groups in total. The molecule has 1 aliphatic heterocycles. The summed E-state index contributed by atoms with van der Waals surface area (Å²) in [6, 6.07) is 11.7. The third-order valence-electron chi connectivity index (χ3n) is 8.38. The van der Waals surface area contributed by atoms with E-state index < -0.39 is 0 Å². The van der Waals surface area contributed by atoms with Crippen molar-refractivity contribution >= 4 is 16.7 Å². The molecule has 0 radical (unpaired) electrons. The summed E-state index contributed by atoms with van der Waals surface area (Å²) in [4.78, 5) is 35.4. The highest BCUT2D eigenvalue weighted by atomic mass is 19.1. The van der Waals surface area contributed by atoms with Gasteiger partial charge in [0.25, 0.3) is 5.56 Å². The minimum Gasteiger partial charge on any atom is -0.496 e. The van der Waals surface area contributed by atoms with Gasteiger partial charge in [-0.2, -0.15) is 0 Å². The molecule has 4 heterocycles. The lowest BCUT2D eigenvalue weighted by Crippen LogP contribution is -2.36. The van der Waals surface area contributed by atoms with Crippen LogP contribution in [0.2, 0.25) is 0 Å². The Morgan fingerprint density at radius 3 is 2.65 bits per heavy atom. The van der Waals surface area contributed by atoms with Crippen molar-refractivity contribution in [2.75, 3.05) is 20.2 Å². The second kappa shape index (κ2) is 11.8. The van der Waals surface area contributed by atoms with Crippen LogP contribution in [-0.4, -0.2) is 45.4 Å². The maximum absolute atomic E-state index is 13.7. The molecular weight excluding hydrogens is 507 g/mol. The van der Waals surface area contributed by atoms with Gasteiger partial charge >= 0.3 is 0 Å². The molecule has 1 atom stereocenters. The SMILES string of the molecule is COc1cc(C)[nH]c(=O)c1CCC(=O)c1c(C)n([C@H](C)C2CCN(Cc3cncc(F)c3)CC2)c2ccccc12. The fourth-order valence-corrected chi connectivity index (χ4v) is 6.34.